The predicted molar refractivity (Wildman–Crippen MR) is 76.3 cm³/mol. The van der Waals surface area contributed by atoms with Gasteiger partial charge in [-0.2, -0.15) is 4.37 Å². The summed E-state index contributed by atoms with van der Waals surface area (Å²) in [6.45, 7) is 1.82. The molecule has 1 aromatic carbocycles. The summed E-state index contributed by atoms with van der Waals surface area (Å²) in [5.41, 5.74) is 1.19. The van der Waals surface area contributed by atoms with Gasteiger partial charge in [-0.15, -0.1) is 0 Å². The molecule has 1 aromatic heterocycles. The molecular formula is C13H13N3O3S. The first-order valence-electron chi connectivity index (χ1n) is 5.78. The van der Waals surface area contributed by atoms with E-state index in [4.69, 9.17) is 4.74 Å². The molecule has 104 valence electrons. The van der Waals surface area contributed by atoms with Crippen molar-refractivity contribution in [3.05, 3.63) is 41.6 Å². The van der Waals surface area contributed by atoms with Crippen LogP contribution < -0.4 is 15.4 Å². The minimum Gasteiger partial charge on any atom is -0.497 e. The zero-order valence-corrected chi connectivity index (χ0v) is 11.8. The Morgan fingerprint density at radius 3 is 2.50 bits per heavy atom. The average Bonchev–Trinajstić information content (AvgIpc) is 2.84. The van der Waals surface area contributed by atoms with Crippen LogP contribution in [0.15, 0.2) is 30.3 Å². The van der Waals surface area contributed by atoms with Gasteiger partial charge in [0.1, 0.15) is 10.8 Å². The van der Waals surface area contributed by atoms with Crippen molar-refractivity contribution >= 4 is 28.5 Å². The topological polar surface area (TPSA) is 80.3 Å². The molecule has 2 N–H and O–H groups in total. The zero-order valence-electron chi connectivity index (χ0n) is 11.0. The van der Waals surface area contributed by atoms with Crippen molar-refractivity contribution in [2.24, 2.45) is 0 Å². The number of anilines is 1. The molecule has 0 aliphatic rings. The Labute approximate surface area is 119 Å². The first-order chi connectivity index (χ1) is 9.58. The maximum absolute atomic E-state index is 11.8. The van der Waals surface area contributed by atoms with Crippen LogP contribution in [0.2, 0.25) is 0 Å². The third-order valence-corrected chi connectivity index (χ3v) is 3.24. The number of amides is 3. The fraction of sp³-hybridized carbons (Fsp3) is 0.154. The molecule has 0 atom stereocenters. The van der Waals surface area contributed by atoms with Gasteiger partial charge in [0.15, 0.2) is 0 Å². The molecule has 7 heteroatoms. The highest BCUT2D eigenvalue weighted by Crippen LogP contribution is 2.15. The normalized spacial score (nSPS) is 9.90. The third-order valence-electron chi connectivity index (χ3n) is 2.44. The van der Waals surface area contributed by atoms with Gasteiger partial charge in [-0.3, -0.25) is 15.4 Å². The quantitative estimate of drug-likeness (QED) is 0.910. The number of benzene rings is 1. The molecular weight excluding hydrogens is 278 g/mol. The van der Waals surface area contributed by atoms with E-state index in [1.54, 1.807) is 37.4 Å². The van der Waals surface area contributed by atoms with Crippen molar-refractivity contribution in [3.8, 4) is 5.75 Å². The minimum absolute atomic E-state index is 0.376. The van der Waals surface area contributed by atoms with Crippen LogP contribution in [0, 0.1) is 6.92 Å². The Kier molecular flexibility index (Phi) is 4.31. The molecule has 0 saturated heterocycles. The maximum Gasteiger partial charge on any atom is 0.326 e. The number of aryl methyl sites for hydroxylation is 1. The Bertz CT molecular complexity index is 622. The van der Waals surface area contributed by atoms with Gasteiger partial charge in [-0.1, -0.05) is 0 Å². The number of urea groups is 1. The number of hydrogen-bond donors (Lipinski definition) is 2. The molecule has 3 amide bonds. The molecule has 0 fully saturated rings. The molecule has 2 aromatic rings. The number of ether oxygens (including phenoxy) is 1. The lowest BCUT2D eigenvalue weighted by Crippen LogP contribution is -2.34. The van der Waals surface area contributed by atoms with E-state index in [2.05, 4.69) is 15.0 Å². The summed E-state index contributed by atoms with van der Waals surface area (Å²) in [6.07, 6.45) is 0. The SMILES string of the molecule is COc1ccc(C(=O)NC(=O)Nc2cc(C)ns2)cc1. The molecule has 0 unspecified atom stereocenters. The maximum atomic E-state index is 11.8. The second kappa shape index (κ2) is 6.16. The van der Waals surface area contributed by atoms with E-state index in [1.807, 2.05) is 6.92 Å². The largest absolute Gasteiger partial charge is 0.497 e. The fourth-order valence-electron chi connectivity index (χ4n) is 1.48. The van der Waals surface area contributed by atoms with E-state index in [9.17, 15) is 9.59 Å². The molecule has 1 heterocycles. The van der Waals surface area contributed by atoms with Crippen molar-refractivity contribution < 1.29 is 14.3 Å². The van der Waals surface area contributed by atoms with Crippen LogP contribution in [0.1, 0.15) is 16.1 Å². The van der Waals surface area contributed by atoms with Crippen LogP contribution in [0.5, 0.6) is 5.75 Å². The van der Waals surface area contributed by atoms with E-state index in [-0.39, 0.29) is 0 Å². The number of hydrogen-bond acceptors (Lipinski definition) is 5. The summed E-state index contributed by atoms with van der Waals surface area (Å²) < 4.78 is 9.02. The van der Waals surface area contributed by atoms with E-state index in [1.165, 1.54) is 0 Å². The van der Waals surface area contributed by atoms with Crippen molar-refractivity contribution in [2.75, 3.05) is 12.4 Å². The smallest absolute Gasteiger partial charge is 0.326 e. The number of carbonyl (C=O) groups excluding carboxylic acids is 2. The van der Waals surface area contributed by atoms with Gasteiger partial charge in [0, 0.05) is 5.56 Å². The van der Waals surface area contributed by atoms with Crippen LogP contribution >= 0.6 is 11.5 Å². The molecule has 0 saturated carbocycles. The summed E-state index contributed by atoms with van der Waals surface area (Å²) in [6, 6.07) is 7.60. The Morgan fingerprint density at radius 1 is 1.25 bits per heavy atom. The predicted octanol–water partition coefficient (Wildman–Crippen LogP) is 2.42. The van der Waals surface area contributed by atoms with Gasteiger partial charge in [0.2, 0.25) is 0 Å². The number of aromatic nitrogens is 1. The van der Waals surface area contributed by atoms with Crippen LogP contribution in [-0.2, 0) is 0 Å². The molecule has 2 rings (SSSR count). The summed E-state index contributed by atoms with van der Waals surface area (Å²) in [4.78, 5) is 23.5. The fourth-order valence-corrected chi connectivity index (χ4v) is 2.14. The van der Waals surface area contributed by atoms with Crippen molar-refractivity contribution in [1.82, 2.24) is 9.69 Å². The number of carbonyl (C=O) groups is 2. The number of methoxy groups -OCH3 is 1. The number of nitrogens with zero attached hydrogens (tertiary/aromatic N) is 1. The van der Waals surface area contributed by atoms with Gasteiger partial charge in [-0.05, 0) is 48.8 Å². The summed E-state index contributed by atoms with van der Waals surface area (Å²) in [5, 5.41) is 5.37. The summed E-state index contributed by atoms with van der Waals surface area (Å²) >= 11 is 1.16. The lowest BCUT2D eigenvalue weighted by molar-refractivity contribution is 0.0967. The van der Waals surface area contributed by atoms with E-state index in [0.717, 1.165) is 17.2 Å². The third kappa shape index (κ3) is 3.55. The highest BCUT2D eigenvalue weighted by atomic mass is 32.1. The van der Waals surface area contributed by atoms with E-state index >= 15 is 0 Å². The number of nitrogens with one attached hydrogen (secondary N) is 2. The highest BCUT2D eigenvalue weighted by Gasteiger charge is 2.11. The Hall–Kier alpha value is -2.41. The van der Waals surface area contributed by atoms with Gasteiger partial charge < -0.3 is 4.74 Å². The second-order valence-electron chi connectivity index (χ2n) is 3.97. The van der Waals surface area contributed by atoms with Gasteiger partial charge in [0.05, 0.1) is 12.8 Å². The van der Waals surface area contributed by atoms with Crippen LogP contribution in [0.25, 0.3) is 0 Å². The molecule has 20 heavy (non-hydrogen) atoms. The average molecular weight is 291 g/mol. The summed E-state index contributed by atoms with van der Waals surface area (Å²) in [7, 11) is 1.54. The monoisotopic (exact) mass is 291 g/mol. The van der Waals surface area contributed by atoms with Crippen molar-refractivity contribution in [2.45, 2.75) is 6.92 Å². The molecule has 6 nitrogen and oxygen atoms in total. The first-order valence-corrected chi connectivity index (χ1v) is 6.55. The van der Waals surface area contributed by atoms with Crippen LogP contribution in [0.3, 0.4) is 0 Å². The first kappa shape index (κ1) is 14.0. The van der Waals surface area contributed by atoms with Crippen molar-refractivity contribution in [3.63, 3.8) is 0 Å². The molecule has 0 bridgehead atoms. The van der Waals surface area contributed by atoms with Gasteiger partial charge >= 0.3 is 6.03 Å². The minimum atomic E-state index is -0.588. The molecule has 0 aliphatic heterocycles. The second-order valence-corrected chi connectivity index (χ2v) is 4.77. The number of rotatable bonds is 3. The molecule has 0 radical (unpaired) electrons. The Balaban J connectivity index is 1.94. The van der Waals surface area contributed by atoms with Crippen LogP contribution in [-0.4, -0.2) is 23.4 Å². The van der Waals surface area contributed by atoms with E-state index < -0.39 is 11.9 Å². The summed E-state index contributed by atoms with van der Waals surface area (Å²) in [5.74, 6) is 0.164. The van der Waals surface area contributed by atoms with Crippen molar-refractivity contribution in [1.29, 1.82) is 0 Å². The lowest BCUT2D eigenvalue weighted by Gasteiger charge is -2.05. The zero-order chi connectivity index (χ0) is 14.5. The van der Waals surface area contributed by atoms with Gasteiger partial charge in [-0.25, -0.2) is 4.79 Å². The lowest BCUT2D eigenvalue weighted by atomic mass is 10.2. The highest BCUT2D eigenvalue weighted by molar-refractivity contribution is 7.10. The molecule has 0 spiro atoms. The van der Waals surface area contributed by atoms with E-state index in [0.29, 0.717) is 16.3 Å². The number of imide groups is 1. The van der Waals surface area contributed by atoms with Gasteiger partial charge in [0.25, 0.3) is 5.91 Å². The van der Waals surface area contributed by atoms with Crippen LogP contribution in [0.4, 0.5) is 9.80 Å². The Morgan fingerprint density at radius 2 is 1.95 bits per heavy atom. The molecule has 0 aliphatic carbocycles. The standard InChI is InChI=1S/C13H13N3O3S/c1-8-7-11(20-16-8)14-13(18)15-12(17)9-3-5-10(19-2)6-4-9/h3-7H,1-2H3,(H2,14,15,17,18).